The molecule has 25 heteroatoms. The van der Waals surface area contributed by atoms with Gasteiger partial charge in [-0.1, -0.05) is 370 Å². The van der Waals surface area contributed by atoms with E-state index in [0.29, 0.717) is 23.2 Å². The molecule has 3 heterocycles. The van der Waals surface area contributed by atoms with Crippen LogP contribution in [0, 0.1) is 67.3 Å². The SMILES string of the molecule is Brc1ccc(-c2cc(-c3ccccc3)cc(-c3ccccc3)n2)cc1.C.C.C.C.C.C.CC(=O)c1ccccc1.Fc1ccc(F)c(-c2ccc(-c3cc(-c4ccccc4)cc(-c4ccccc4)n3)cc2)c1.O=C(/C=C/c1ccccc1)c1ccc(Br)cc1.O=C(C[n+]1ccccc1)c1ccccc1.O=Cc1ccc(Br)cc1.O=S(=O)(O)OO.OB(O)c1cc(F)ccc1F.[Ac].[Br-]. The number of hydrogen-bond acceptors (Lipinski definition) is 12. The first-order valence-electron chi connectivity index (χ1n) is 37.9. The second kappa shape index (κ2) is 62.9. The summed E-state index contributed by atoms with van der Waals surface area (Å²) < 4.78 is 85.5. The fourth-order valence-electron chi connectivity index (χ4n) is 11.4. The number of carbonyl (C=O) groups is 4. The summed E-state index contributed by atoms with van der Waals surface area (Å²) in [6.45, 7) is 1.96. The zero-order valence-electron chi connectivity index (χ0n) is 67.1. The van der Waals surface area contributed by atoms with Gasteiger partial charge in [-0.25, -0.2) is 32.8 Å². The maximum absolute atomic E-state index is 14.2. The molecule has 0 unspecified atom stereocenters. The smallest absolute Gasteiger partial charge is 0.491 e. The Bertz CT molecular complexity index is 6110. The van der Waals surface area contributed by atoms with Crippen molar-refractivity contribution in [1.82, 2.24) is 9.97 Å². The molecular formula is C107H102AcBBr4F4N3O11S. The van der Waals surface area contributed by atoms with E-state index in [1.807, 2.05) is 266 Å². The summed E-state index contributed by atoms with van der Waals surface area (Å²) in [5, 5.41) is 24.0. The second-order valence-electron chi connectivity index (χ2n) is 26.5. The molecule has 0 saturated carbocycles. The number of aromatic nitrogens is 3. The molecule has 4 N–H and O–H groups in total. The Morgan fingerprint density at radius 1 is 0.394 bits per heavy atom. The first-order valence-corrected chi connectivity index (χ1v) is 41.6. The van der Waals surface area contributed by atoms with Gasteiger partial charge < -0.3 is 27.0 Å². The molecule has 3 aromatic heterocycles. The van der Waals surface area contributed by atoms with E-state index in [9.17, 15) is 36.7 Å². The molecule has 0 aliphatic rings. The molecule has 679 valence electrons. The Labute approximate surface area is 844 Å². The van der Waals surface area contributed by atoms with E-state index in [0.717, 1.165) is 123 Å². The van der Waals surface area contributed by atoms with Crippen molar-refractivity contribution in [1.29, 1.82) is 0 Å². The zero-order valence-corrected chi connectivity index (χ0v) is 79.0. The van der Waals surface area contributed by atoms with Crippen LogP contribution in [-0.2, 0) is 21.3 Å². The molecule has 0 atom stereocenters. The number of aldehydes is 1. The molecule has 0 bridgehead atoms. The van der Waals surface area contributed by atoms with Crippen molar-refractivity contribution in [3.8, 4) is 78.4 Å². The first kappa shape index (κ1) is 119. The van der Waals surface area contributed by atoms with Crippen molar-refractivity contribution in [2.24, 2.45) is 0 Å². The van der Waals surface area contributed by atoms with Crippen LogP contribution in [0.4, 0.5) is 17.6 Å². The fourth-order valence-corrected chi connectivity index (χ4v) is 12.2. The van der Waals surface area contributed by atoms with Crippen molar-refractivity contribution in [2.75, 3.05) is 0 Å². The zero-order chi connectivity index (χ0) is 88.6. The molecular weight excluding hydrogens is 2170 g/mol. The van der Waals surface area contributed by atoms with Crippen molar-refractivity contribution < 1.29 is 135 Å². The van der Waals surface area contributed by atoms with Crippen LogP contribution in [0.3, 0.4) is 0 Å². The van der Waals surface area contributed by atoms with Crippen LogP contribution >= 0.6 is 47.8 Å². The maximum atomic E-state index is 14.2. The van der Waals surface area contributed by atoms with Gasteiger partial charge >= 0.3 is 17.5 Å². The van der Waals surface area contributed by atoms with Gasteiger partial charge in [-0.3, -0.25) is 23.7 Å². The third kappa shape index (κ3) is 40.8. The van der Waals surface area contributed by atoms with E-state index in [2.05, 4.69) is 137 Å². The van der Waals surface area contributed by atoms with Crippen LogP contribution in [0.5, 0.6) is 0 Å². The molecule has 0 aliphatic carbocycles. The number of Topliss-reactive ketones (excluding diaryl/α,β-unsaturated/α-hetero) is 2. The monoisotopic (exact) mass is 2270 g/mol. The van der Waals surface area contributed by atoms with Crippen LogP contribution in [0.15, 0.2) is 420 Å². The molecule has 14 nitrogen and oxygen atoms in total. The van der Waals surface area contributed by atoms with Gasteiger partial charge in [0.1, 0.15) is 29.6 Å². The largest absolute Gasteiger partial charge is 1.00 e. The third-order valence-corrected chi connectivity index (χ3v) is 19.4. The van der Waals surface area contributed by atoms with Crippen LogP contribution < -0.4 is 27.0 Å². The Kier molecular flexibility index (Phi) is 56.5. The molecule has 132 heavy (non-hydrogen) atoms. The number of allylic oxidation sites excluding steroid dienone is 1. The van der Waals surface area contributed by atoms with Crippen LogP contribution in [0.2, 0.25) is 0 Å². The van der Waals surface area contributed by atoms with E-state index in [1.54, 1.807) is 37.3 Å². The fraction of sp³-hybridized carbons (Fsp3) is 0.0748. The van der Waals surface area contributed by atoms with E-state index >= 15 is 0 Å². The molecule has 0 amide bonds. The van der Waals surface area contributed by atoms with E-state index < -0.39 is 46.2 Å². The van der Waals surface area contributed by atoms with Crippen molar-refractivity contribution in [3.63, 3.8) is 0 Å². The van der Waals surface area contributed by atoms with E-state index in [-0.39, 0.29) is 129 Å². The molecule has 13 aromatic carbocycles. The van der Waals surface area contributed by atoms with Crippen molar-refractivity contribution >= 4 is 100 Å². The number of carbonyl (C=O) groups excluding carboxylic acids is 4. The Hall–Kier alpha value is -11.4. The summed E-state index contributed by atoms with van der Waals surface area (Å²) in [5.74, 6) is -2.18. The molecule has 0 spiro atoms. The number of nitrogens with zero attached hydrogens (tertiary/aromatic N) is 3. The molecule has 0 fully saturated rings. The average Bonchev–Trinajstić information content (AvgIpc) is 0.722. The summed E-state index contributed by atoms with van der Waals surface area (Å²) in [5.41, 5.74) is 16.7. The molecule has 0 saturated heterocycles. The number of ketones is 3. The number of rotatable bonds is 17. The van der Waals surface area contributed by atoms with Crippen LogP contribution in [0.25, 0.3) is 84.5 Å². The number of hydrogen-bond donors (Lipinski definition) is 4. The van der Waals surface area contributed by atoms with Gasteiger partial charge in [-0.15, -0.1) is 0 Å². The summed E-state index contributed by atoms with van der Waals surface area (Å²) in [7, 11) is -6.57. The van der Waals surface area contributed by atoms with Gasteiger partial charge in [0.2, 0.25) is 12.3 Å². The average molecular weight is 2270 g/mol. The van der Waals surface area contributed by atoms with Crippen molar-refractivity contribution in [3.05, 3.63) is 471 Å². The Morgan fingerprint density at radius 2 is 0.720 bits per heavy atom. The van der Waals surface area contributed by atoms with Gasteiger partial charge in [-0.2, -0.15) is 13.0 Å². The Morgan fingerprint density at radius 3 is 1.09 bits per heavy atom. The second-order valence-corrected chi connectivity index (χ2v) is 30.3. The van der Waals surface area contributed by atoms with Gasteiger partial charge in [0.15, 0.2) is 24.0 Å². The van der Waals surface area contributed by atoms with Gasteiger partial charge in [0, 0.05) is 125 Å². The summed E-state index contributed by atoms with van der Waals surface area (Å²) in [4.78, 5) is 54.2. The molecule has 0 aliphatic heterocycles. The van der Waals surface area contributed by atoms with E-state index in [1.165, 1.54) is 17.2 Å². The maximum Gasteiger partial charge on any atom is 0.491 e. The summed E-state index contributed by atoms with van der Waals surface area (Å²) >= 11 is 10.1. The molecule has 16 rings (SSSR count). The van der Waals surface area contributed by atoms with Crippen molar-refractivity contribution in [2.45, 2.75) is 58.0 Å². The normalized spacial score (nSPS) is 9.70. The Balaban J connectivity index is 0.000000787. The third-order valence-electron chi connectivity index (χ3n) is 17.6. The minimum absolute atomic E-state index is 0. The first-order chi connectivity index (χ1) is 59.9. The minimum Gasteiger partial charge on any atom is -1.00 e. The minimum atomic E-state index is -4.61. The van der Waals surface area contributed by atoms with Gasteiger partial charge in [0.05, 0.1) is 22.8 Å². The van der Waals surface area contributed by atoms with Gasteiger partial charge in [0.25, 0.3) is 0 Å². The summed E-state index contributed by atoms with van der Waals surface area (Å²) in [6, 6.07) is 120. The van der Waals surface area contributed by atoms with Crippen LogP contribution in [-0.4, -0.2) is 69.0 Å². The number of pyridine rings is 3. The topological polar surface area (TPSA) is 222 Å². The quantitative estimate of drug-likeness (QED) is 0.00768. The number of benzene rings is 13. The number of halogens is 8. The molecule has 16 aromatic rings. The predicted octanol–water partition coefficient (Wildman–Crippen LogP) is 25.0. The van der Waals surface area contributed by atoms with E-state index in [4.69, 9.17) is 38.2 Å². The van der Waals surface area contributed by atoms with Gasteiger partial charge in [-0.05, 0) is 156 Å². The summed E-state index contributed by atoms with van der Waals surface area (Å²) in [6.07, 6.45) is 8.02. The predicted molar refractivity (Wildman–Crippen MR) is 533 cm³/mol. The standard InChI is InChI=1S/C29H19F2N.C23H16BrN.C15H11BrO.C13H12NO.C8H8O.C7H5BrO.C6H5BF2O2.6CH4.Ac.BrH.H2O5S/c30-25-15-16-27(31)26(19-25)21-11-13-23(14-12-21)29-18-24(20-7-3-1-4-8-20)17-28(32-29)22-9-5-2-6-10-22;24-21-13-11-19(12-14-21)23-16-20(17-7-3-1-4-8-17)15-22(25-23)18-9-5-2-6-10-18;16-14-9-7-13(8-10-14)15(17)11-6-12-4-2-1-3-5-12;15-13(12-7-3-1-4-8-12)11-14-9-5-2-6-10-14;1-7(9)8-5-3-2-4-6-8;8-7-3-1-6(5-9)2-4-7;8-4-1-2-6(9)5(3-4)7(10)11;;;;;;;;;1-5-6(2,3)4/h1-19H;1-16H;1-11H;1-10H,11H2;2-6H,1H3;1-5H;1-3,10-11H;6*1H4;;1H;1H,(H,2,3,4)/q;;;+1;;;;;;;;;;;;/p-1/b;;11-6+;;;;;;;;;;;;;. The van der Waals surface area contributed by atoms with Crippen LogP contribution in [0.1, 0.15) is 98.5 Å². The molecule has 1 radical (unpaired) electrons.